The molecule has 4 heterocycles. The maximum atomic E-state index is 13.5. The van der Waals surface area contributed by atoms with Crippen LogP contribution < -0.4 is 0 Å². The number of aryl methyl sites for hydroxylation is 1. The SMILES string of the molecule is CCCn1ncc2c(C(=O)N3CCN(Cc4ccccn4)CC3)cc(C3CC3)nc21. The first-order valence-corrected chi connectivity index (χ1v) is 11.0. The van der Waals surface area contributed by atoms with Crippen LogP contribution in [0.4, 0.5) is 0 Å². The molecule has 0 radical (unpaired) electrons. The summed E-state index contributed by atoms with van der Waals surface area (Å²) in [5.74, 6) is 0.610. The zero-order valence-corrected chi connectivity index (χ0v) is 17.5. The minimum Gasteiger partial charge on any atom is -0.336 e. The standard InChI is InChI=1S/C23H28N6O/c1-2-9-29-22-20(15-25-29)19(14-21(26-22)17-6-7-17)23(30)28-12-10-27(11-13-28)16-18-5-3-4-8-24-18/h3-5,8,14-15,17H,2,6-7,9-13,16H2,1H3. The number of carbonyl (C=O) groups excluding carboxylic acids is 1. The number of hydrogen-bond donors (Lipinski definition) is 0. The van der Waals surface area contributed by atoms with Gasteiger partial charge in [0.25, 0.3) is 5.91 Å². The van der Waals surface area contributed by atoms with E-state index in [1.807, 2.05) is 40.2 Å². The molecule has 0 unspecified atom stereocenters. The maximum absolute atomic E-state index is 13.5. The van der Waals surface area contributed by atoms with Crippen LogP contribution in [-0.4, -0.2) is 61.6 Å². The largest absolute Gasteiger partial charge is 0.336 e. The predicted octanol–water partition coefficient (Wildman–Crippen LogP) is 3.07. The molecule has 3 aromatic heterocycles. The minimum absolute atomic E-state index is 0.109. The van der Waals surface area contributed by atoms with Crippen molar-refractivity contribution in [2.45, 2.75) is 45.2 Å². The number of aromatic nitrogens is 4. The van der Waals surface area contributed by atoms with Gasteiger partial charge in [0.05, 0.1) is 22.8 Å². The molecule has 156 valence electrons. The van der Waals surface area contributed by atoms with E-state index in [4.69, 9.17) is 4.98 Å². The molecule has 5 rings (SSSR count). The second-order valence-corrected chi connectivity index (χ2v) is 8.36. The molecule has 30 heavy (non-hydrogen) atoms. The molecule has 1 saturated carbocycles. The molecular weight excluding hydrogens is 376 g/mol. The highest BCUT2D eigenvalue weighted by Gasteiger charge is 2.30. The number of pyridine rings is 2. The van der Waals surface area contributed by atoms with E-state index < -0.39 is 0 Å². The van der Waals surface area contributed by atoms with Crippen LogP contribution in [0.2, 0.25) is 0 Å². The molecule has 0 bridgehead atoms. The molecule has 1 saturated heterocycles. The molecule has 1 aliphatic carbocycles. The van der Waals surface area contributed by atoms with E-state index in [0.717, 1.165) is 73.7 Å². The molecule has 0 aromatic carbocycles. The number of rotatable bonds is 6. The van der Waals surface area contributed by atoms with Crippen LogP contribution in [0, 0.1) is 0 Å². The topological polar surface area (TPSA) is 67.2 Å². The average molecular weight is 405 g/mol. The zero-order chi connectivity index (χ0) is 20.5. The lowest BCUT2D eigenvalue weighted by Gasteiger charge is -2.34. The van der Waals surface area contributed by atoms with Crippen LogP contribution in [-0.2, 0) is 13.1 Å². The fraction of sp³-hybridized carbons (Fsp3) is 0.478. The fourth-order valence-electron chi connectivity index (χ4n) is 4.21. The van der Waals surface area contributed by atoms with E-state index in [9.17, 15) is 4.79 Å². The predicted molar refractivity (Wildman–Crippen MR) is 115 cm³/mol. The Morgan fingerprint density at radius 3 is 2.70 bits per heavy atom. The molecule has 7 nitrogen and oxygen atoms in total. The van der Waals surface area contributed by atoms with Crippen LogP contribution in [0.1, 0.15) is 53.8 Å². The Balaban J connectivity index is 1.35. The monoisotopic (exact) mass is 404 g/mol. The summed E-state index contributed by atoms with van der Waals surface area (Å²) in [5, 5.41) is 5.40. The van der Waals surface area contributed by atoms with Crippen molar-refractivity contribution in [3.05, 3.63) is 53.6 Å². The van der Waals surface area contributed by atoms with Gasteiger partial charge < -0.3 is 4.90 Å². The molecule has 0 spiro atoms. The fourth-order valence-corrected chi connectivity index (χ4v) is 4.21. The summed E-state index contributed by atoms with van der Waals surface area (Å²) in [5.41, 5.74) is 3.75. The van der Waals surface area contributed by atoms with Crippen LogP contribution in [0.3, 0.4) is 0 Å². The van der Waals surface area contributed by atoms with E-state index in [2.05, 4.69) is 28.0 Å². The third-order valence-electron chi connectivity index (χ3n) is 6.06. The van der Waals surface area contributed by atoms with E-state index in [0.29, 0.717) is 5.92 Å². The highest BCUT2D eigenvalue weighted by atomic mass is 16.2. The van der Waals surface area contributed by atoms with Crippen molar-refractivity contribution in [1.29, 1.82) is 0 Å². The summed E-state index contributed by atoms with van der Waals surface area (Å²) in [6.07, 6.45) is 6.98. The van der Waals surface area contributed by atoms with Crippen molar-refractivity contribution in [3.63, 3.8) is 0 Å². The van der Waals surface area contributed by atoms with E-state index in [-0.39, 0.29) is 5.91 Å². The number of nitrogens with zero attached hydrogens (tertiary/aromatic N) is 6. The third kappa shape index (κ3) is 3.81. The second-order valence-electron chi connectivity index (χ2n) is 8.36. The van der Waals surface area contributed by atoms with Crippen molar-refractivity contribution >= 4 is 16.9 Å². The molecule has 2 fully saturated rings. The number of piperazine rings is 1. The first-order valence-electron chi connectivity index (χ1n) is 11.0. The van der Waals surface area contributed by atoms with Gasteiger partial charge in [-0.3, -0.25) is 14.7 Å². The Morgan fingerprint density at radius 2 is 2.00 bits per heavy atom. The molecule has 7 heteroatoms. The number of carbonyl (C=O) groups is 1. The first kappa shape index (κ1) is 19.2. The molecule has 3 aromatic rings. The Labute approximate surface area is 176 Å². The minimum atomic E-state index is 0.109. The highest BCUT2D eigenvalue weighted by molar-refractivity contribution is 6.05. The third-order valence-corrected chi connectivity index (χ3v) is 6.06. The Bertz CT molecular complexity index is 1030. The normalized spacial score (nSPS) is 17.6. The van der Waals surface area contributed by atoms with Crippen LogP contribution in [0.5, 0.6) is 0 Å². The van der Waals surface area contributed by atoms with Gasteiger partial charge in [-0.2, -0.15) is 5.10 Å². The van der Waals surface area contributed by atoms with Crippen LogP contribution >= 0.6 is 0 Å². The average Bonchev–Trinajstić information content (AvgIpc) is 3.56. The summed E-state index contributed by atoms with van der Waals surface area (Å²) in [7, 11) is 0. The summed E-state index contributed by atoms with van der Waals surface area (Å²) in [6, 6.07) is 8.04. The van der Waals surface area contributed by atoms with Gasteiger partial charge in [-0.15, -0.1) is 0 Å². The lowest BCUT2D eigenvalue weighted by Crippen LogP contribution is -2.48. The molecule has 1 amide bonds. The van der Waals surface area contributed by atoms with Crippen molar-refractivity contribution in [2.75, 3.05) is 26.2 Å². The summed E-state index contributed by atoms with van der Waals surface area (Å²) in [4.78, 5) is 27.1. The van der Waals surface area contributed by atoms with Crippen molar-refractivity contribution in [3.8, 4) is 0 Å². The van der Waals surface area contributed by atoms with E-state index in [1.54, 1.807) is 0 Å². The zero-order valence-electron chi connectivity index (χ0n) is 17.5. The summed E-state index contributed by atoms with van der Waals surface area (Å²) in [6.45, 7) is 6.98. The van der Waals surface area contributed by atoms with Gasteiger partial charge in [0.15, 0.2) is 5.65 Å². The lowest BCUT2D eigenvalue weighted by atomic mass is 10.1. The van der Waals surface area contributed by atoms with E-state index >= 15 is 0 Å². The Hall–Kier alpha value is -2.80. The van der Waals surface area contributed by atoms with E-state index in [1.165, 1.54) is 12.8 Å². The van der Waals surface area contributed by atoms with Crippen molar-refractivity contribution in [1.82, 2.24) is 29.5 Å². The van der Waals surface area contributed by atoms with Crippen molar-refractivity contribution in [2.24, 2.45) is 0 Å². The molecular formula is C23H28N6O. The Kier molecular flexibility index (Phi) is 5.21. The van der Waals surface area contributed by atoms with Gasteiger partial charge in [-0.05, 0) is 37.5 Å². The van der Waals surface area contributed by atoms with Gasteiger partial charge in [-0.1, -0.05) is 13.0 Å². The van der Waals surface area contributed by atoms with Gasteiger partial charge in [-0.25, -0.2) is 9.67 Å². The van der Waals surface area contributed by atoms with Gasteiger partial charge in [0.1, 0.15) is 0 Å². The van der Waals surface area contributed by atoms with Gasteiger partial charge in [0, 0.05) is 57.1 Å². The Morgan fingerprint density at radius 1 is 1.17 bits per heavy atom. The second kappa shape index (κ2) is 8.14. The highest BCUT2D eigenvalue weighted by Crippen LogP contribution is 2.40. The number of amides is 1. The molecule has 0 atom stereocenters. The van der Waals surface area contributed by atoms with Crippen molar-refractivity contribution < 1.29 is 4.79 Å². The quantitative estimate of drug-likeness (QED) is 0.632. The van der Waals surface area contributed by atoms with Gasteiger partial charge in [0.2, 0.25) is 0 Å². The van der Waals surface area contributed by atoms with Gasteiger partial charge >= 0.3 is 0 Å². The molecule has 0 N–H and O–H groups in total. The lowest BCUT2D eigenvalue weighted by molar-refractivity contribution is 0.0629. The molecule has 1 aliphatic heterocycles. The summed E-state index contributed by atoms with van der Waals surface area (Å²) >= 11 is 0. The summed E-state index contributed by atoms with van der Waals surface area (Å²) < 4.78 is 1.95. The van der Waals surface area contributed by atoms with Crippen LogP contribution in [0.25, 0.3) is 11.0 Å². The smallest absolute Gasteiger partial charge is 0.254 e. The maximum Gasteiger partial charge on any atom is 0.254 e. The molecule has 2 aliphatic rings. The van der Waals surface area contributed by atoms with Crippen LogP contribution in [0.15, 0.2) is 36.7 Å². The first-order chi connectivity index (χ1) is 14.7. The number of fused-ring (bicyclic) bond motifs is 1. The number of hydrogen-bond acceptors (Lipinski definition) is 5.